The molecule has 1 fully saturated rings. The monoisotopic (exact) mass is 341 g/mol. The van der Waals surface area contributed by atoms with Crippen molar-refractivity contribution in [3.63, 3.8) is 0 Å². The highest BCUT2D eigenvalue weighted by molar-refractivity contribution is 5.92. The van der Waals surface area contributed by atoms with E-state index in [2.05, 4.69) is 52.1 Å². The second-order valence-corrected chi connectivity index (χ2v) is 7.19. The number of carbonyl (C=O) groups excluding carboxylic acids is 1. The van der Waals surface area contributed by atoms with E-state index in [1.807, 2.05) is 18.5 Å². The lowest BCUT2D eigenvalue weighted by Gasteiger charge is -2.26. The molecule has 1 aliphatic heterocycles. The van der Waals surface area contributed by atoms with Crippen LogP contribution in [0.2, 0.25) is 0 Å². The Balaban J connectivity index is 1.69. The van der Waals surface area contributed by atoms with Gasteiger partial charge in [0.25, 0.3) is 5.91 Å². The Morgan fingerprint density at radius 3 is 2.60 bits per heavy atom. The van der Waals surface area contributed by atoms with E-state index >= 15 is 0 Å². The minimum Gasteiger partial charge on any atom is -0.342 e. The molecule has 0 saturated carbocycles. The number of benzene rings is 1. The van der Waals surface area contributed by atoms with E-state index in [0.29, 0.717) is 11.7 Å². The molecule has 0 atom stereocenters. The third-order valence-electron chi connectivity index (χ3n) is 4.94. The summed E-state index contributed by atoms with van der Waals surface area (Å²) in [6.45, 7) is 8.10. The van der Waals surface area contributed by atoms with Crippen molar-refractivity contribution in [2.45, 2.75) is 51.6 Å². The summed E-state index contributed by atoms with van der Waals surface area (Å²) in [6, 6.07) is 8.69. The molecular weight excluding hydrogens is 314 g/mol. The van der Waals surface area contributed by atoms with Gasteiger partial charge in [-0.25, -0.2) is 4.68 Å². The van der Waals surface area contributed by atoms with E-state index in [1.165, 1.54) is 5.56 Å². The first kappa shape index (κ1) is 17.6. The first-order valence-corrected chi connectivity index (χ1v) is 9.04. The van der Waals surface area contributed by atoms with Crippen LogP contribution in [0.3, 0.4) is 0 Å². The first-order valence-electron chi connectivity index (χ1n) is 9.04. The molecule has 2 N–H and O–H groups in total. The van der Waals surface area contributed by atoms with E-state index in [9.17, 15) is 4.79 Å². The van der Waals surface area contributed by atoms with Gasteiger partial charge in [-0.2, -0.15) is 0 Å². The molecule has 2 aromatic rings. The molecule has 1 amide bonds. The molecule has 6 nitrogen and oxygen atoms in total. The number of hydrogen-bond acceptors (Lipinski definition) is 4. The summed E-state index contributed by atoms with van der Waals surface area (Å²) in [6.07, 6.45) is 4.80. The van der Waals surface area contributed by atoms with Gasteiger partial charge in [-0.05, 0) is 57.3 Å². The molecule has 0 spiro atoms. The molecular formula is C19H27N5O. The molecule has 1 aliphatic rings. The number of carbonyl (C=O) groups is 1. The number of hydrogen-bond donors (Lipinski definition) is 2. The number of rotatable bonds is 5. The van der Waals surface area contributed by atoms with E-state index in [-0.39, 0.29) is 5.91 Å². The standard InChI is InChI=1S/C19H27N5O/c1-4-14-5-7-15(8-6-14)19(2,3)21-18(25)17-13-24(23-22-17)16-9-11-20-12-10-16/h5-8,13,16,20H,4,9-12H2,1-3H3,(H,21,25). The molecule has 134 valence electrons. The Kier molecular flexibility index (Phi) is 5.18. The Morgan fingerprint density at radius 1 is 1.28 bits per heavy atom. The van der Waals surface area contributed by atoms with E-state index < -0.39 is 5.54 Å². The third kappa shape index (κ3) is 4.07. The van der Waals surface area contributed by atoms with Crippen LogP contribution in [0.25, 0.3) is 0 Å². The van der Waals surface area contributed by atoms with Gasteiger partial charge in [0.15, 0.2) is 5.69 Å². The van der Waals surface area contributed by atoms with Crippen molar-refractivity contribution >= 4 is 5.91 Å². The fraction of sp³-hybridized carbons (Fsp3) is 0.526. The van der Waals surface area contributed by atoms with Crippen LogP contribution in [0.4, 0.5) is 0 Å². The van der Waals surface area contributed by atoms with Crippen LogP contribution >= 0.6 is 0 Å². The van der Waals surface area contributed by atoms with Gasteiger partial charge < -0.3 is 10.6 Å². The fourth-order valence-corrected chi connectivity index (χ4v) is 3.21. The number of amides is 1. The molecule has 0 radical (unpaired) electrons. The smallest absolute Gasteiger partial charge is 0.274 e. The zero-order valence-electron chi connectivity index (χ0n) is 15.2. The lowest BCUT2D eigenvalue weighted by atomic mass is 9.93. The third-order valence-corrected chi connectivity index (χ3v) is 4.94. The van der Waals surface area contributed by atoms with Gasteiger partial charge in [0.1, 0.15) is 0 Å². The summed E-state index contributed by atoms with van der Waals surface area (Å²) >= 11 is 0. The molecule has 25 heavy (non-hydrogen) atoms. The average Bonchev–Trinajstić information content (AvgIpc) is 3.12. The molecule has 6 heteroatoms. The SMILES string of the molecule is CCc1ccc(C(C)(C)NC(=O)c2cn(C3CCNCC3)nn2)cc1. The summed E-state index contributed by atoms with van der Waals surface area (Å²) in [5.41, 5.74) is 2.26. The van der Waals surface area contributed by atoms with Gasteiger partial charge in [0.2, 0.25) is 0 Å². The maximum Gasteiger partial charge on any atom is 0.274 e. The first-order chi connectivity index (χ1) is 12.0. The maximum absolute atomic E-state index is 12.6. The van der Waals surface area contributed by atoms with Gasteiger partial charge in [-0.1, -0.05) is 36.4 Å². The minimum atomic E-state index is -0.470. The Morgan fingerprint density at radius 2 is 1.96 bits per heavy atom. The van der Waals surface area contributed by atoms with Crippen LogP contribution in [0, 0.1) is 0 Å². The Hall–Kier alpha value is -2.21. The topological polar surface area (TPSA) is 71.8 Å². The number of nitrogens with one attached hydrogen (secondary N) is 2. The largest absolute Gasteiger partial charge is 0.342 e. The van der Waals surface area contributed by atoms with Crippen LogP contribution in [0.15, 0.2) is 30.5 Å². The van der Waals surface area contributed by atoms with E-state index in [1.54, 1.807) is 6.20 Å². The molecule has 1 saturated heterocycles. The molecule has 0 unspecified atom stereocenters. The van der Waals surface area contributed by atoms with Crippen molar-refractivity contribution in [3.8, 4) is 0 Å². The minimum absolute atomic E-state index is 0.190. The lowest BCUT2D eigenvalue weighted by molar-refractivity contribution is 0.0906. The highest BCUT2D eigenvalue weighted by atomic mass is 16.2. The summed E-state index contributed by atoms with van der Waals surface area (Å²) in [4.78, 5) is 12.6. The van der Waals surface area contributed by atoms with Gasteiger partial charge in [0.05, 0.1) is 17.8 Å². The van der Waals surface area contributed by atoms with Crippen molar-refractivity contribution < 1.29 is 4.79 Å². The van der Waals surface area contributed by atoms with E-state index in [0.717, 1.165) is 37.9 Å². The number of aryl methyl sites for hydroxylation is 1. The highest BCUT2D eigenvalue weighted by Crippen LogP contribution is 2.22. The van der Waals surface area contributed by atoms with E-state index in [4.69, 9.17) is 0 Å². The summed E-state index contributed by atoms with van der Waals surface area (Å²) in [7, 11) is 0. The molecule has 2 heterocycles. The van der Waals surface area contributed by atoms with Gasteiger partial charge in [-0.3, -0.25) is 4.79 Å². The second-order valence-electron chi connectivity index (χ2n) is 7.19. The molecule has 0 bridgehead atoms. The number of aromatic nitrogens is 3. The van der Waals surface area contributed by atoms with Gasteiger partial charge >= 0.3 is 0 Å². The molecule has 1 aromatic carbocycles. The normalized spacial score (nSPS) is 16.0. The van der Waals surface area contributed by atoms with Crippen LogP contribution in [-0.4, -0.2) is 34.0 Å². The van der Waals surface area contributed by atoms with Crippen molar-refractivity contribution in [2.24, 2.45) is 0 Å². The summed E-state index contributed by atoms with van der Waals surface area (Å²) < 4.78 is 1.83. The van der Waals surface area contributed by atoms with Crippen LogP contribution in [-0.2, 0) is 12.0 Å². The molecule has 3 rings (SSSR count). The van der Waals surface area contributed by atoms with Gasteiger partial charge in [0, 0.05) is 0 Å². The predicted molar refractivity (Wildman–Crippen MR) is 97.5 cm³/mol. The Labute approximate surface area is 149 Å². The predicted octanol–water partition coefficient (Wildman–Crippen LogP) is 2.43. The maximum atomic E-state index is 12.6. The summed E-state index contributed by atoms with van der Waals surface area (Å²) in [5, 5.41) is 14.6. The number of nitrogens with zero attached hydrogens (tertiary/aromatic N) is 3. The molecule has 0 aliphatic carbocycles. The van der Waals surface area contributed by atoms with Crippen molar-refractivity contribution in [3.05, 3.63) is 47.3 Å². The number of piperidine rings is 1. The fourth-order valence-electron chi connectivity index (χ4n) is 3.21. The van der Waals surface area contributed by atoms with Crippen LogP contribution in [0.5, 0.6) is 0 Å². The summed E-state index contributed by atoms with van der Waals surface area (Å²) in [5.74, 6) is -0.190. The van der Waals surface area contributed by atoms with Crippen LogP contribution in [0.1, 0.15) is 61.3 Å². The zero-order chi connectivity index (χ0) is 17.9. The highest BCUT2D eigenvalue weighted by Gasteiger charge is 2.25. The van der Waals surface area contributed by atoms with Crippen molar-refractivity contribution in [2.75, 3.05) is 13.1 Å². The zero-order valence-corrected chi connectivity index (χ0v) is 15.2. The molecule has 1 aromatic heterocycles. The second kappa shape index (κ2) is 7.35. The van der Waals surface area contributed by atoms with Crippen LogP contribution < -0.4 is 10.6 Å². The van der Waals surface area contributed by atoms with Crippen molar-refractivity contribution in [1.29, 1.82) is 0 Å². The average molecular weight is 341 g/mol. The quantitative estimate of drug-likeness (QED) is 0.876. The van der Waals surface area contributed by atoms with Gasteiger partial charge in [-0.15, -0.1) is 5.10 Å². The lowest BCUT2D eigenvalue weighted by Crippen LogP contribution is -2.41. The van der Waals surface area contributed by atoms with Crippen molar-refractivity contribution in [1.82, 2.24) is 25.6 Å². The Bertz CT molecular complexity index is 714.